The highest BCUT2D eigenvalue weighted by Crippen LogP contribution is 2.43. The van der Waals surface area contributed by atoms with Gasteiger partial charge in [0.2, 0.25) is 0 Å². The summed E-state index contributed by atoms with van der Waals surface area (Å²) in [6, 6.07) is 49.7. The van der Waals surface area contributed by atoms with Crippen LogP contribution in [0.4, 0.5) is 0 Å². The molecule has 6 atom stereocenters. The van der Waals surface area contributed by atoms with E-state index in [2.05, 4.69) is 4.98 Å². The third kappa shape index (κ3) is 8.74. The molecule has 1 saturated heterocycles. The maximum absolute atomic E-state index is 13.2. The molecule has 1 fully saturated rings. The fourth-order valence-electron chi connectivity index (χ4n) is 6.64. The molecule has 0 bridgehead atoms. The lowest BCUT2D eigenvalue weighted by Crippen LogP contribution is -2.66. The quantitative estimate of drug-likeness (QED) is 0.109. The molecule has 7 rings (SSSR count). The van der Waals surface area contributed by atoms with E-state index in [4.69, 9.17) is 23.7 Å². The molecule has 2 heterocycles. The van der Waals surface area contributed by atoms with Gasteiger partial charge in [-0.05, 0) is 27.8 Å². The Morgan fingerprint density at radius 1 is 0.558 bits per heavy atom. The summed E-state index contributed by atoms with van der Waals surface area (Å²) in [6.07, 6.45) is -2.03. The monoisotopic (exact) mass is 713 g/mol. The predicted octanol–water partition coefficient (Wildman–Crippen LogP) is 8.12. The van der Waals surface area contributed by atoms with Crippen LogP contribution in [0.1, 0.15) is 32.8 Å². The highest BCUT2D eigenvalue weighted by atomic mass is 32.1. The van der Waals surface area contributed by atoms with Crippen LogP contribution in [-0.2, 0) is 55.7 Å². The number of hydrogen-bond donors (Lipinski definition) is 1. The van der Waals surface area contributed by atoms with Crippen molar-refractivity contribution in [2.75, 3.05) is 6.61 Å². The smallest absolute Gasteiger partial charge is 0.170 e. The van der Waals surface area contributed by atoms with Crippen molar-refractivity contribution in [2.45, 2.75) is 62.5 Å². The summed E-state index contributed by atoms with van der Waals surface area (Å²) in [5.41, 5.74) is 2.98. The zero-order chi connectivity index (χ0) is 35.4. The number of benzene rings is 5. The van der Waals surface area contributed by atoms with E-state index in [9.17, 15) is 5.11 Å². The van der Waals surface area contributed by atoms with Gasteiger partial charge in [-0.25, -0.2) is 4.98 Å². The molecule has 1 N–H and O–H groups in total. The Labute approximate surface area is 309 Å². The van der Waals surface area contributed by atoms with Gasteiger partial charge in [-0.15, -0.1) is 11.3 Å². The minimum Gasteiger partial charge on any atom is -0.375 e. The predicted molar refractivity (Wildman–Crippen MR) is 201 cm³/mol. The van der Waals surface area contributed by atoms with Crippen molar-refractivity contribution in [1.82, 2.24) is 4.98 Å². The van der Waals surface area contributed by atoms with Crippen molar-refractivity contribution < 1.29 is 28.8 Å². The van der Waals surface area contributed by atoms with Crippen LogP contribution in [0.15, 0.2) is 163 Å². The second-order valence-corrected chi connectivity index (χ2v) is 13.7. The molecule has 8 heteroatoms. The Hall–Kier alpha value is -4.51. The van der Waals surface area contributed by atoms with Crippen LogP contribution in [-0.4, -0.2) is 47.2 Å². The first kappa shape index (κ1) is 35.9. The molecular weight excluding hydrogens is 671 g/mol. The van der Waals surface area contributed by atoms with Gasteiger partial charge in [-0.1, -0.05) is 152 Å². The average molecular weight is 714 g/mol. The molecule has 0 amide bonds. The Morgan fingerprint density at radius 3 is 1.48 bits per heavy atom. The van der Waals surface area contributed by atoms with E-state index in [1.54, 1.807) is 6.20 Å². The van der Waals surface area contributed by atoms with Crippen molar-refractivity contribution in [1.29, 1.82) is 0 Å². The number of hydrogen-bond acceptors (Lipinski definition) is 8. The van der Waals surface area contributed by atoms with Crippen molar-refractivity contribution >= 4 is 11.3 Å². The first-order valence-corrected chi connectivity index (χ1v) is 18.5. The summed E-state index contributed by atoms with van der Waals surface area (Å²) in [4.78, 5) is 4.66. The lowest BCUT2D eigenvalue weighted by molar-refractivity contribution is -0.299. The van der Waals surface area contributed by atoms with Crippen LogP contribution in [0.3, 0.4) is 0 Å². The minimum atomic E-state index is -1.70. The molecule has 0 aliphatic carbocycles. The molecule has 52 heavy (non-hydrogen) atoms. The molecule has 6 aromatic rings. The van der Waals surface area contributed by atoms with Gasteiger partial charge < -0.3 is 28.8 Å². The Morgan fingerprint density at radius 2 is 1.00 bits per heavy atom. The van der Waals surface area contributed by atoms with Crippen LogP contribution in [0.2, 0.25) is 0 Å². The second-order valence-electron chi connectivity index (χ2n) is 12.8. The maximum atomic E-state index is 13.2. The first-order chi connectivity index (χ1) is 25.7. The zero-order valence-corrected chi connectivity index (χ0v) is 29.7. The van der Waals surface area contributed by atoms with Gasteiger partial charge in [-0.3, -0.25) is 0 Å². The Kier molecular flexibility index (Phi) is 12.3. The fraction of sp³-hybridized carbons (Fsp3) is 0.250. The van der Waals surface area contributed by atoms with E-state index in [-0.39, 0.29) is 13.2 Å². The van der Waals surface area contributed by atoms with Crippen LogP contribution >= 0.6 is 11.3 Å². The van der Waals surface area contributed by atoms with Gasteiger partial charge >= 0.3 is 0 Å². The van der Waals surface area contributed by atoms with Crippen molar-refractivity contribution in [3.63, 3.8) is 0 Å². The number of aliphatic hydroxyl groups is 1. The molecule has 5 aromatic carbocycles. The van der Waals surface area contributed by atoms with E-state index in [0.29, 0.717) is 30.4 Å². The topological polar surface area (TPSA) is 79.3 Å². The van der Waals surface area contributed by atoms with Crippen LogP contribution in [0.5, 0.6) is 0 Å². The molecule has 266 valence electrons. The van der Waals surface area contributed by atoms with E-state index in [1.807, 2.05) is 157 Å². The van der Waals surface area contributed by atoms with Gasteiger partial charge in [0.05, 0.1) is 33.0 Å². The lowest BCUT2D eigenvalue weighted by atomic mass is 9.80. The van der Waals surface area contributed by atoms with Crippen molar-refractivity contribution in [2.24, 2.45) is 0 Å². The standard InChI is InChI=1S/C44H43NO6S/c46-44(43-45-26-27-52-43,37-24-14-5-15-25-37)42-41(50-31-36-22-12-4-13-23-36)40(49-30-35-20-10-3-11-21-35)39(48-29-34-18-8-2-9-19-34)38(51-42)32-47-28-33-16-6-1-7-17-33/h1-27,38-42,46H,28-32H2/t38-,39-,40+,41+,42-,44+/m1/s1. The molecule has 7 nitrogen and oxygen atoms in total. The number of ether oxygens (including phenoxy) is 5. The summed E-state index contributed by atoms with van der Waals surface area (Å²) in [7, 11) is 0. The van der Waals surface area contributed by atoms with Gasteiger partial charge in [0.15, 0.2) is 5.60 Å². The number of thiazole rings is 1. The third-order valence-electron chi connectivity index (χ3n) is 9.27. The molecule has 0 saturated carbocycles. The Balaban J connectivity index is 1.31. The summed E-state index contributed by atoms with van der Waals surface area (Å²) >= 11 is 1.37. The molecule has 0 spiro atoms. The van der Waals surface area contributed by atoms with Crippen LogP contribution in [0, 0.1) is 0 Å². The zero-order valence-electron chi connectivity index (χ0n) is 28.9. The second kappa shape index (κ2) is 17.8. The molecule has 1 aromatic heterocycles. The van der Waals surface area contributed by atoms with Crippen LogP contribution < -0.4 is 0 Å². The van der Waals surface area contributed by atoms with Gasteiger partial charge in [0.1, 0.15) is 35.5 Å². The van der Waals surface area contributed by atoms with Crippen molar-refractivity contribution in [3.8, 4) is 0 Å². The largest absolute Gasteiger partial charge is 0.375 e. The highest BCUT2D eigenvalue weighted by Gasteiger charge is 2.57. The normalized spacial score (nSPS) is 21.4. The van der Waals surface area contributed by atoms with Gasteiger partial charge in [0, 0.05) is 11.6 Å². The molecule has 0 unspecified atom stereocenters. The number of nitrogens with zero attached hydrogens (tertiary/aromatic N) is 1. The summed E-state index contributed by atoms with van der Waals surface area (Å²) in [5, 5.41) is 15.5. The van der Waals surface area contributed by atoms with Crippen LogP contribution in [0.25, 0.3) is 0 Å². The third-order valence-corrected chi connectivity index (χ3v) is 10.2. The van der Waals surface area contributed by atoms with E-state index in [0.717, 1.165) is 22.3 Å². The van der Waals surface area contributed by atoms with Crippen molar-refractivity contribution in [3.05, 3.63) is 196 Å². The average Bonchev–Trinajstić information content (AvgIpc) is 3.77. The van der Waals surface area contributed by atoms with E-state index < -0.39 is 36.1 Å². The minimum absolute atomic E-state index is 0.185. The number of aromatic nitrogens is 1. The van der Waals surface area contributed by atoms with E-state index >= 15 is 0 Å². The number of rotatable bonds is 16. The molecule has 0 radical (unpaired) electrons. The maximum Gasteiger partial charge on any atom is 0.170 e. The SMILES string of the molecule is O[C@](c1ccccc1)(c1nccs1)[C@@H]1O[C@H](COCc2ccccc2)[C@@H](OCc2ccccc2)[C@H](OCc2ccccc2)[C@@H]1OCc1ccccc1. The summed E-state index contributed by atoms with van der Waals surface area (Å²) in [6.45, 7) is 1.45. The first-order valence-electron chi connectivity index (χ1n) is 17.6. The van der Waals surface area contributed by atoms with Gasteiger partial charge in [0.25, 0.3) is 0 Å². The molecule has 1 aliphatic heterocycles. The summed E-state index contributed by atoms with van der Waals surface area (Å²) < 4.78 is 34.1. The lowest BCUT2D eigenvalue weighted by Gasteiger charge is -2.50. The Bertz CT molecular complexity index is 1880. The fourth-order valence-corrected chi connectivity index (χ4v) is 7.42. The highest BCUT2D eigenvalue weighted by molar-refractivity contribution is 7.09. The molecule has 1 aliphatic rings. The molecular formula is C44H43NO6S. The van der Waals surface area contributed by atoms with E-state index in [1.165, 1.54) is 11.3 Å². The van der Waals surface area contributed by atoms with Gasteiger partial charge in [-0.2, -0.15) is 0 Å². The summed E-state index contributed by atoms with van der Waals surface area (Å²) in [5.74, 6) is 0.